The van der Waals surface area contributed by atoms with Gasteiger partial charge in [-0.2, -0.15) is 0 Å². The Balaban J connectivity index is 1.94. The predicted molar refractivity (Wildman–Crippen MR) is 92.5 cm³/mol. The second-order valence-corrected chi connectivity index (χ2v) is 6.44. The van der Waals surface area contributed by atoms with E-state index in [9.17, 15) is 4.79 Å². The Kier molecular flexibility index (Phi) is 5.46. The van der Waals surface area contributed by atoms with Crippen molar-refractivity contribution in [3.05, 3.63) is 41.0 Å². The van der Waals surface area contributed by atoms with Crippen LogP contribution in [0.3, 0.4) is 0 Å². The Morgan fingerprint density at radius 2 is 2.13 bits per heavy atom. The SMILES string of the molecule is CC(C)(C)OC(=O)NCCC#Cc1ccnc2cc(Cl)ccc12. The number of aromatic nitrogens is 1. The van der Waals surface area contributed by atoms with Crippen molar-refractivity contribution in [3.63, 3.8) is 0 Å². The summed E-state index contributed by atoms with van der Waals surface area (Å²) in [4.78, 5) is 15.8. The molecule has 0 fully saturated rings. The number of hydrogen-bond acceptors (Lipinski definition) is 3. The van der Waals surface area contributed by atoms with Crippen molar-refractivity contribution >= 4 is 28.6 Å². The largest absolute Gasteiger partial charge is 0.444 e. The van der Waals surface area contributed by atoms with Crippen LogP contribution in [0.1, 0.15) is 32.8 Å². The standard InChI is InChI=1S/C18H19ClN2O2/c1-18(2,3)23-17(22)21-10-5-4-6-13-9-11-20-16-12-14(19)7-8-15(13)16/h7-9,11-12H,5,10H2,1-3H3,(H,21,22). The van der Waals surface area contributed by atoms with Crippen LogP contribution >= 0.6 is 11.6 Å². The molecule has 1 aromatic carbocycles. The molecule has 1 aromatic heterocycles. The first-order chi connectivity index (χ1) is 10.8. The van der Waals surface area contributed by atoms with Gasteiger partial charge in [0.05, 0.1) is 5.52 Å². The molecule has 0 atom stereocenters. The number of ether oxygens (including phenoxy) is 1. The van der Waals surface area contributed by atoms with Gasteiger partial charge in [-0.1, -0.05) is 29.5 Å². The molecule has 0 saturated carbocycles. The van der Waals surface area contributed by atoms with Crippen LogP contribution in [0.2, 0.25) is 5.02 Å². The zero-order valence-corrected chi connectivity index (χ0v) is 14.2. The van der Waals surface area contributed by atoms with E-state index in [1.165, 1.54) is 0 Å². The van der Waals surface area contributed by atoms with E-state index in [1.807, 2.05) is 45.0 Å². The average Bonchev–Trinajstić information content (AvgIpc) is 2.44. The summed E-state index contributed by atoms with van der Waals surface area (Å²) in [6, 6.07) is 7.41. The molecule has 0 unspecified atom stereocenters. The molecule has 4 nitrogen and oxygen atoms in total. The van der Waals surface area contributed by atoms with Crippen LogP contribution in [-0.4, -0.2) is 23.2 Å². The third-order valence-electron chi connectivity index (χ3n) is 2.85. The first-order valence-electron chi connectivity index (χ1n) is 7.35. The van der Waals surface area contributed by atoms with E-state index in [-0.39, 0.29) is 0 Å². The molecule has 0 spiro atoms. The van der Waals surface area contributed by atoms with Crippen LogP contribution in [0, 0.1) is 11.8 Å². The minimum atomic E-state index is -0.493. The number of hydrogen-bond donors (Lipinski definition) is 1. The molecule has 0 aliphatic heterocycles. The van der Waals surface area contributed by atoms with E-state index in [2.05, 4.69) is 22.1 Å². The van der Waals surface area contributed by atoms with E-state index in [0.29, 0.717) is 18.0 Å². The molecule has 0 aliphatic carbocycles. The van der Waals surface area contributed by atoms with E-state index in [4.69, 9.17) is 16.3 Å². The Morgan fingerprint density at radius 3 is 2.87 bits per heavy atom. The van der Waals surface area contributed by atoms with Crippen molar-refractivity contribution in [3.8, 4) is 11.8 Å². The first kappa shape index (κ1) is 17.1. The topological polar surface area (TPSA) is 51.2 Å². The van der Waals surface area contributed by atoms with Crippen LogP contribution in [0.4, 0.5) is 4.79 Å². The summed E-state index contributed by atoms with van der Waals surface area (Å²) in [7, 11) is 0. The van der Waals surface area contributed by atoms with Crippen LogP contribution in [0.25, 0.3) is 10.9 Å². The number of rotatable bonds is 2. The summed E-state index contributed by atoms with van der Waals surface area (Å²) >= 11 is 5.96. The number of carbonyl (C=O) groups is 1. The molecule has 120 valence electrons. The van der Waals surface area contributed by atoms with E-state index in [1.54, 1.807) is 6.20 Å². The molecule has 1 amide bonds. The number of amides is 1. The van der Waals surface area contributed by atoms with Gasteiger partial charge in [-0.15, -0.1) is 0 Å². The Hall–Kier alpha value is -2.25. The smallest absolute Gasteiger partial charge is 0.407 e. The van der Waals surface area contributed by atoms with E-state index >= 15 is 0 Å². The fraction of sp³-hybridized carbons (Fsp3) is 0.333. The van der Waals surface area contributed by atoms with Crippen molar-refractivity contribution in [2.45, 2.75) is 32.8 Å². The minimum absolute atomic E-state index is 0.427. The molecule has 5 heteroatoms. The minimum Gasteiger partial charge on any atom is -0.444 e. The summed E-state index contributed by atoms with van der Waals surface area (Å²) in [5.74, 6) is 6.15. The summed E-state index contributed by atoms with van der Waals surface area (Å²) in [6.07, 6.45) is 1.82. The predicted octanol–water partition coefficient (Wildman–Crippen LogP) is 4.15. The molecule has 0 saturated heterocycles. The van der Waals surface area contributed by atoms with Crippen LogP contribution in [0.15, 0.2) is 30.5 Å². The lowest BCUT2D eigenvalue weighted by Gasteiger charge is -2.19. The third-order valence-corrected chi connectivity index (χ3v) is 3.08. The number of fused-ring (bicyclic) bond motifs is 1. The lowest BCUT2D eigenvalue weighted by atomic mass is 10.1. The second kappa shape index (κ2) is 7.34. The molecular weight excluding hydrogens is 312 g/mol. The number of alkyl carbamates (subject to hydrolysis) is 1. The van der Waals surface area contributed by atoms with Gasteiger partial charge in [0.15, 0.2) is 0 Å². The van der Waals surface area contributed by atoms with Crippen molar-refractivity contribution in [1.29, 1.82) is 0 Å². The molecule has 2 aromatic rings. The fourth-order valence-corrected chi connectivity index (χ4v) is 2.10. The monoisotopic (exact) mass is 330 g/mol. The highest BCUT2D eigenvalue weighted by molar-refractivity contribution is 6.31. The molecule has 1 N–H and O–H groups in total. The number of halogens is 1. The quantitative estimate of drug-likeness (QED) is 0.664. The van der Waals surface area contributed by atoms with Crippen molar-refractivity contribution < 1.29 is 9.53 Å². The zero-order chi connectivity index (χ0) is 16.9. The molecule has 23 heavy (non-hydrogen) atoms. The molecule has 0 bridgehead atoms. The lowest BCUT2D eigenvalue weighted by Crippen LogP contribution is -2.32. The van der Waals surface area contributed by atoms with Crippen molar-refractivity contribution in [2.75, 3.05) is 6.54 Å². The number of nitrogens with zero attached hydrogens (tertiary/aromatic N) is 1. The Bertz CT molecular complexity index is 770. The number of carbonyl (C=O) groups excluding carboxylic acids is 1. The fourth-order valence-electron chi connectivity index (χ4n) is 1.93. The van der Waals surface area contributed by atoms with Gasteiger partial charge >= 0.3 is 6.09 Å². The van der Waals surface area contributed by atoms with Gasteiger partial charge in [-0.3, -0.25) is 4.98 Å². The molecular formula is C18H19ClN2O2. The van der Waals surface area contributed by atoms with Gasteiger partial charge in [-0.25, -0.2) is 4.79 Å². The highest BCUT2D eigenvalue weighted by Gasteiger charge is 2.15. The zero-order valence-electron chi connectivity index (χ0n) is 13.4. The number of pyridine rings is 1. The molecule has 2 rings (SSSR count). The molecule has 1 heterocycles. The summed E-state index contributed by atoms with van der Waals surface area (Å²) in [5.41, 5.74) is 1.22. The molecule has 0 radical (unpaired) electrons. The second-order valence-electron chi connectivity index (χ2n) is 6.00. The van der Waals surface area contributed by atoms with Crippen LogP contribution in [0.5, 0.6) is 0 Å². The average molecular weight is 331 g/mol. The number of nitrogens with one attached hydrogen (secondary N) is 1. The highest BCUT2D eigenvalue weighted by Crippen LogP contribution is 2.20. The van der Waals surface area contributed by atoms with Gasteiger partial charge in [0.25, 0.3) is 0 Å². The Labute approximate surface area is 141 Å². The van der Waals surface area contributed by atoms with Crippen molar-refractivity contribution in [2.24, 2.45) is 0 Å². The summed E-state index contributed by atoms with van der Waals surface area (Å²) in [5, 5.41) is 4.29. The Morgan fingerprint density at radius 1 is 1.35 bits per heavy atom. The maximum absolute atomic E-state index is 11.5. The van der Waals surface area contributed by atoms with Gasteiger partial charge in [0, 0.05) is 35.1 Å². The van der Waals surface area contributed by atoms with E-state index in [0.717, 1.165) is 16.5 Å². The van der Waals surface area contributed by atoms with Crippen LogP contribution in [-0.2, 0) is 4.74 Å². The van der Waals surface area contributed by atoms with Gasteiger partial charge in [0.1, 0.15) is 5.60 Å². The first-order valence-corrected chi connectivity index (χ1v) is 7.73. The number of benzene rings is 1. The van der Waals surface area contributed by atoms with E-state index < -0.39 is 11.7 Å². The van der Waals surface area contributed by atoms with Gasteiger partial charge < -0.3 is 10.1 Å². The van der Waals surface area contributed by atoms with Gasteiger partial charge in [-0.05, 0) is 39.0 Å². The highest BCUT2D eigenvalue weighted by atomic mass is 35.5. The van der Waals surface area contributed by atoms with Crippen molar-refractivity contribution in [1.82, 2.24) is 10.3 Å². The third kappa shape index (κ3) is 5.46. The van der Waals surface area contributed by atoms with Crippen LogP contribution < -0.4 is 5.32 Å². The summed E-state index contributed by atoms with van der Waals surface area (Å²) in [6.45, 7) is 5.92. The maximum atomic E-state index is 11.5. The van der Waals surface area contributed by atoms with Gasteiger partial charge in [0.2, 0.25) is 0 Å². The summed E-state index contributed by atoms with van der Waals surface area (Å²) < 4.78 is 5.15. The lowest BCUT2D eigenvalue weighted by molar-refractivity contribution is 0.0529. The normalized spacial score (nSPS) is 10.8. The maximum Gasteiger partial charge on any atom is 0.407 e. The molecule has 0 aliphatic rings.